The zero-order valence-electron chi connectivity index (χ0n) is 14.5. The molecule has 7 nitrogen and oxygen atoms in total. The minimum Gasteiger partial charge on any atom is -0.378 e. The number of amides is 2. The van der Waals surface area contributed by atoms with Crippen molar-refractivity contribution in [2.24, 2.45) is 0 Å². The van der Waals surface area contributed by atoms with Crippen molar-refractivity contribution in [3.05, 3.63) is 40.7 Å². The van der Waals surface area contributed by atoms with E-state index in [0.717, 1.165) is 12.0 Å². The van der Waals surface area contributed by atoms with Crippen LogP contribution in [-0.2, 0) is 15.9 Å². The van der Waals surface area contributed by atoms with Crippen molar-refractivity contribution in [3.8, 4) is 0 Å². The number of benzene rings is 1. The average Bonchev–Trinajstić information content (AvgIpc) is 3.24. The summed E-state index contributed by atoms with van der Waals surface area (Å²) in [6.45, 7) is 3.94. The molecule has 2 aromatic rings. The number of carbonyl (C=O) groups excluding carboxylic acids is 1. The van der Waals surface area contributed by atoms with Gasteiger partial charge in [-0.2, -0.15) is 0 Å². The van der Waals surface area contributed by atoms with Crippen LogP contribution in [-0.4, -0.2) is 48.2 Å². The fourth-order valence-corrected chi connectivity index (χ4v) is 3.55. The maximum Gasteiger partial charge on any atom is 0.321 e. The predicted octanol–water partition coefficient (Wildman–Crippen LogP) is 2.59. The number of carbonyl (C=O) groups is 1. The van der Waals surface area contributed by atoms with E-state index >= 15 is 0 Å². The molecule has 0 spiro atoms. The molecule has 1 saturated heterocycles. The third kappa shape index (κ3) is 4.96. The van der Waals surface area contributed by atoms with Crippen LogP contribution in [0.15, 0.2) is 24.3 Å². The molecule has 1 aliphatic rings. The van der Waals surface area contributed by atoms with Gasteiger partial charge in [-0.05, 0) is 24.6 Å². The van der Waals surface area contributed by atoms with E-state index in [-0.39, 0.29) is 11.8 Å². The summed E-state index contributed by atoms with van der Waals surface area (Å²) in [7, 11) is 0. The maximum atomic E-state index is 13.2. The van der Waals surface area contributed by atoms with Crippen molar-refractivity contribution >= 4 is 22.5 Å². The van der Waals surface area contributed by atoms with E-state index in [4.69, 9.17) is 9.47 Å². The quantitative estimate of drug-likeness (QED) is 0.771. The molecule has 0 saturated carbocycles. The summed E-state index contributed by atoms with van der Waals surface area (Å²) in [5, 5.41) is 14.5. The normalized spacial score (nSPS) is 19.5. The lowest BCUT2D eigenvalue weighted by molar-refractivity contribution is -0.0399. The van der Waals surface area contributed by atoms with Gasteiger partial charge in [0.05, 0.1) is 13.2 Å². The molecule has 2 amide bonds. The molecule has 1 aromatic heterocycles. The van der Waals surface area contributed by atoms with Crippen molar-refractivity contribution in [1.29, 1.82) is 0 Å². The SMILES string of the molecule is CCOC1(CNC(=O)Nc2nnc(Cc3cccc(F)c3)s2)CCOC1. The Kier molecular flexibility index (Phi) is 6.12. The van der Waals surface area contributed by atoms with Crippen LogP contribution in [0.4, 0.5) is 14.3 Å². The summed E-state index contributed by atoms with van der Waals surface area (Å²) in [4.78, 5) is 12.1. The van der Waals surface area contributed by atoms with Crippen molar-refractivity contribution < 1.29 is 18.7 Å². The summed E-state index contributed by atoms with van der Waals surface area (Å²) in [6.07, 6.45) is 1.21. The third-order valence-corrected chi connectivity index (χ3v) is 4.86. The number of anilines is 1. The van der Waals surface area contributed by atoms with E-state index in [1.165, 1.54) is 23.5 Å². The highest BCUT2D eigenvalue weighted by molar-refractivity contribution is 7.15. The largest absolute Gasteiger partial charge is 0.378 e. The Labute approximate surface area is 154 Å². The Bertz CT molecular complexity index is 749. The van der Waals surface area contributed by atoms with Gasteiger partial charge >= 0.3 is 6.03 Å². The minimum absolute atomic E-state index is 0.288. The molecule has 0 aliphatic carbocycles. The second-order valence-electron chi connectivity index (χ2n) is 6.03. The van der Waals surface area contributed by atoms with Gasteiger partial charge in [-0.15, -0.1) is 10.2 Å². The number of hydrogen-bond donors (Lipinski definition) is 2. The predicted molar refractivity (Wildman–Crippen MR) is 95.9 cm³/mol. The standard InChI is InChI=1S/C17H21FN4O3S/c1-2-25-17(6-7-24-11-17)10-19-15(23)20-16-22-21-14(26-16)9-12-4-3-5-13(18)8-12/h3-5,8H,2,6-7,9-11H2,1H3,(H2,19,20,22,23). The summed E-state index contributed by atoms with van der Waals surface area (Å²) < 4.78 is 24.4. The van der Waals surface area contributed by atoms with Crippen LogP contribution in [0.25, 0.3) is 0 Å². The molecule has 1 unspecified atom stereocenters. The van der Waals surface area contributed by atoms with Crippen LogP contribution < -0.4 is 10.6 Å². The molecule has 0 bridgehead atoms. The molecular formula is C17H21FN4O3S. The molecular weight excluding hydrogens is 359 g/mol. The lowest BCUT2D eigenvalue weighted by atomic mass is 10.0. The lowest BCUT2D eigenvalue weighted by Gasteiger charge is -2.27. The van der Waals surface area contributed by atoms with Crippen LogP contribution >= 0.6 is 11.3 Å². The van der Waals surface area contributed by atoms with Crippen LogP contribution in [0.2, 0.25) is 0 Å². The Balaban J connectivity index is 1.51. The molecule has 26 heavy (non-hydrogen) atoms. The highest BCUT2D eigenvalue weighted by Crippen LogP contribution is 2.23. The molecule has 1 aromatic carbocycles. The first kappa shape index (κ1) is 18.7. The minimum atomic E-state index is -0.463. The van der Waals surface area contributed by atoms with Gasteiger partial charge in [0.2, 0.25) is 5.13 Å². The fourth-order valence-electron chi connectivity index (χ4n) is 2.78. The Morgan fingerprint density at radius 1 is 1.46 bits per heavy atom. The number of hydrogen-bond acceptors (Lipinski definition) is 6. The van der Waals surface area contributed by atoms with E-state index in [9.17, 15) is 9.18 Å². The molecule has 1 atom stereocenters. The van der Waals surface area contributed by atoms with Crippen LogP contribution in [0, 0.1) is 5.82 Å². The van der Waals surface area contributed by atoms with E-state index in [0.29, 0.717) is 42.9 Å². The Hall–Kier alpha value is -2.10. The summed E-state index contributed by atoms with van der Waals surface area (Å²) in [5.74, 6) is -0.288. The zero-order chi connectivity index (χ0) is 18.4. The van der Waals surface area contributed by atoms with Gasteiger partial charge in [0.1, 0.15) is 16.4 Å². The lowest BCUT2D eigenvalue weighted by Crippen LogP contribution is -2.46. The molecule has 2 N–H and O–H groups in total. The molecule has 140 valence electrons. The summed E-state index contributed by atoms with van der Waals surface area (Å²) in [6, 6.07) is 5.95. The highest BCUT2D eigenvalue weighted by atomic mass is 32.1. The third-order valence-electron chi connectivity index (χ3n) is 4.02. The van der Waals surface area contributed by atoms with Crippen LogP contribution in [0.1, 0.15) is 23.9 Å². The molecule has 1 fully saturated rings. The first-order valence-electron chi connectivity index (χ1n) is 8.42. The zero-order valence-corrected chi connectivity index (χ0v) is 15.3. The number of rotatable bonds is 7. The van der Waals surface area contributed by atoms with Gasteiger partial charge in [0, 0.05) is 26.1 Å². The number of aromatic nitrogens is 2. The van der Waals surface area contributed by atoms with Gasteiger partial charge < -0.3 is 14.8 Å². The molecule has 1 aliphatic heterocycles. The Morgan fingerprint density at radius 3 is 3.08 bits per heavy atom. The van der Waals surface area contributed by atoms with Crippen LogP contribution in [0.3, 0.4) is 0 Å². The first-order chi connectivity index (χ1) is 12.6. The average molecular weight is 380 g/mol. The van der Waals surface area contributed by atoms with Crippen molar-refractivity contribution in [3.63, 3.8) is 0 Å². The number of ether oxygens (including phenoxy) is 2. The van der Waals surface area contributed by atoms with Crippen molar-refractivity contribution in [1.82, 2.24) is 15.5 Å². The smallest absolute Gasteiger partial charge is 0.321 e. The number of nitrogens with one attached hydrogen (secondary N) is 2. The van der Waals surface area contributed by atoms with E-state index in [1.807, 2.05) is 13.0 Å². The van der Waals surface area contributed by atoms with E-state index in [1.54, 1.807) is 6.07 Å². The van der Waals surface area contributed by atoms with Crippen molar-refractivity contribution in [2.75, 3.05) is 31.7 Å². The fraction of sp³-hybridized carbons (Fsp3) is 0.471. The molecule has 2 heterocycles. The number of urea groups is 1. The van der Waals surface area contributed by atoms with Crippen molar-refractivity contribution in [2.45, 2.75) is 25.4 Å². The topological polar surface area (TPSA) is 85.4 Å². The summed E-state index contributed by atoms with van der Waals surface area (Å²) in [5.41, 5.74) is 0.340. The number of nitrogens with zero attached hydrogens (tertiary/aromatic N) is 2. The second kappa shape index (κ2) is 8.52. The van der Waals surface area contributed by atoms with Crippen LogP contribution in [0.5, 0.6) is 0 Å². The maximum absolute atomic E-state index is 13.2. The molecule has 3 rings (SSSR count). The monoisotopic (exact) mass is 380 g/mol. The van der Waals surface area contributed by atoms with Gasteiger partial charge in [-0.1, -0.05) is 23.5 Å². The summed E-state index contributed by atoms with van der Waals surface area (Å²) >= 11 is 1.26. The highest BCUT2D eigenvalue weighted by Gasteiger charge is 2.36. The Morgan fingerprint density at radius 2 is 2.35 bits per heavy atom. The van der Waals surface area contributed by atoms with Gasteiger partial charge in [-0.25, -0.2) is 9.18 Å². The second-order valence-corrected chi connectivity index (χ2v) is 7.10. The van der Waals surface area contributed by atoms with E-state index in [2.05, 4.69) is 20.8 Å². The molecule has 0 radical (unpaired) electrons. The first-order valence-corrected chi connectivity index (χ1v) is 9.24. The molecule has 9 heteroatoms. The van der Waals surface area contributed by atoms with Gasteiger partial charge in [0.15, 0.2) is 0 Å². The van der Waals surface area contributed by atoms with Gasteiger partial charge in [-0.3, -0.25) is 5.32 Å². The van der Waals surface area contributed by atoms with Gasteiger partial charge in [0.25, 0.3) is 0 Å². The number of halogens is 1. The van der Waals surface area contributed by atoms with E-state index < -0.39 is 5.60 Å².